The van der Waals surface area contributed by atoms with Gasteiger partial charge in [0.2, 0.25) is 17.7 Å². The molecule has 2 fully saturated rings. The number of nitrogens with zero attached hydrogens (tertiary/aromatic N) is 8. The third-order valence-corrected chi connectivity index (χ3v) is 13.7. The number of carbonyl (C=O) groups is 6. The summed E-state index contributed by atoms with van der Waals surface area (Å²) in [7, 11) is 3.38. The summed E-state index contributed by atoms with van der Waals surface area (Å²) in [5.74, 6) is -1.32. The molecule has 2 saturated heterocycles. The molecule has 0 radical (unpaired) electrons. The summed E-state index contributed by atoms with van der Waals surface area (Å²) < 4.78 is 33.2. The minimum Gasteiger partial charge on any atom is -0.385 e. The molecule has 1 atom stereocenters. The van der Waals surface area contributed by atoms with Crippen LogP contribution in [-0.4, -0.2) is 116 Å². The SMILES string of the molecule is CNC(=O)N1CCc2c(c(N3CCCc4cc(-c5cnn(C)c5)c(C(F)F)cc43)nn2C2CCN(C(=O)CCCCCCNc3ccc4c(c3)C(=O)N(C3CCC(=O)NC3=O)C4=O)CC2)C1. The molecule has 2 aromatic heterocycles. The zero-order valence-corrected chi connectivity index (χ0v) is 37.3. The largest absolute Gasteiger partial charge is 0.385 e. The molecule has 5 aliphatic rings. The molecule has 0 spiro atoms. The number of aromatic nitrogens is 4. The summed E-state index contributed by atoms with van der Waals surface area (Å²) in [4.78, 5) is 83.1. The molecule has 9 rings (SSSR count). The van der Waals surface area contributed by atoms with Gasteiger partial charge >= 0.3 is 6.03 Å². The number of aryl methyl sites for hydroxylation is 2. The van der Waals surface area contributed by atoms with Crippen LogP contribution in [-0.2, 0) is 40.8 Å². The predicted octanol–water partition coefficient (Wildman–Crippen LogP) is 5.63. The number of benzene rings is 2. The van der Waals surface area contributed by atoms with Gasteiger partial charge in [-0.05, 0) is 86.4 Å². The van der Waals surface area contributed by atoms with Crippen LogP contribution >= 0.6 is 0 Å². The Kier molecular flexibility index (Phi) is 12.6. The van der Waals surface area contributed by atoms with Crippen LogP contribution in [0.1, 0.15) is 120 Å². The zero-order valence-electron chi connectivity index (χ0n) is 37.3. The Morgan fingerprint density at radius 3 is 2.41 bits per heavy atom. The maximum atomic E-state index is 14.7. The Bertz CT molecular complexity index is 2580. The van der Waals surface area contributed by atoms with Gasteiger partial charge < -0.3 is 25.3 Å². The average Bonchev–Trinajstić information content (AvgIpc) is 4.00. The van der Waals surface area contributed by atoms with E-state index in [4.69, 9.17) is 5.10 Å². The molecule has 0 bridgehead atoms. The highest BCUT2D eigenvalue weighted by molar-refractivity contribution is 6.23. The van der Waals surface area contributed by atoms with Gasteiger partial charge in [-0.2, -0.15) is 10.2 Å². The van der Waals surface area contributed by atoms with Crippen LogP contribution in [0.4, 0.5) is 30.8 Å². The lowest BCUT2D eigenvalue weighted by Crippen LogP contribution is -2.54. The number of alkyl halides is 2. The summed E-state index contributed by atoms with van der Waals surface area (Å²) in [5.41, 5.74) is 5.87. The van der Waals surface area contributed by atoms with Crippen molar-refractivity contribution in [2.75, 3.05) is 50.0 Å². The van der Waals surface area contributed by atoms with Crippen molar-refractivity contribution in [1.29, 1.82) is 0 Å². The molecule has 2 aromatic carbocycles. The molecule has 5 aliphatic heterocycles. The van der Waals surface area contributed by atoms with E-state index >= 15 is 0 Å². The number of anilines is 3. The van der Waals surface area contributed by atoms with E-state index in [-0.39, 0.29) is 47.5 Å². The number of halogens is 2. The second-order valence-electron chi connectivity index (χ2n) is 17.9. The van der Waals surface area contributed by atoms with Crippen molar-refractivity contribution in [2.24, 2.45) is 7.05 Å². The van der Waals surface area contributed by atoms with Crippen LogP contribution in [0.3, 0.4) is 0 Å². The second-order valence-corrected chi connectivity index (χ2v) is 17.9. The number of nitrogens with one attached hydrogen (secondary N) is 3. The highest BCUT2D eigenvalue weighted by Gasteiger charge is 2.45. The van der Waals surface area contributed by atoms with E-state index in [1.54, 1.807) is 60.3 Å². The smallest absolute Gasteiger partial charge is 0.317 e. The van der Waals surface area contributed by atoms with Gasteiger partial charge in [0.15, 0.2) is 5.82 Å². The van der Waals surface area contributed by atoms with Gasteiger partial charge in [-0.15, -0.1) is 0 Å². The maximum Gasteiger partial charge on any atom is 0.317 e. The molecule has 3 N–H and O–H groups in total. The van der Waals surface area contributed by atoms with E-state index in [0.29, 0.717) is 80.4 Å². The van der Waals surface area contributed by atoms with Crippen molar-refractivity contribution in [3.63, 3.8) is 0 Å². The van der Waals surface area contributed by atoms with Crippen LogP contribution in [0.5, 0.6) is 0 Å². The topological polar surface area (TPSA) is 187 Å². The Hall–Kier alpha value is -6.66. The minimum atomic E-state index is -2.70. The lowest BCUT2D eigenvalue weighted by atomic mass is 9.92. The van der Waals surface area contributed by atoms with Crippen LogP contribution in [0.15, 0.2) is 42.7 Å². The van der Waals surface area contributed by atoms with Gasteiger partial charge in [0, 0.05) is 106 Å². The molecule has 0 saturated carbocycles. The Morgan fingerprint density at radius 1 is 0.879 bits per heavy atom. The molecule has 1 unspecified atom stereocenters. The summed E-state index contributed by atoms with van der Waals surface area (Å²) in [5, 5.41) is 17.8. The molecule has 348 valence electrons. The van der Waals surface area contributed by atoms with Gasteiger partial charge in [-0.3, -0.25) is 43.6 Å². The highest BCUT2D eigenvalue weighted by Crippen LogP contribution is 2.44. The zero-order chi connectivity index (χ0) is 46.2. The molecule has 7 heterocycles. The quantitative estimate of drug-likeness (QED) is 0.112. The number of hydrogen-bond donors (Lipinski definition) is 3. The monoisotopic (exact) mass is 907 g/mol. The molecular formula is C47H55F2N11O6. The molecule has 19 heteroatoms. The van der Waals surface area contributed by atoms with Crippen LogP contribution in [0.25, 0.3) is 11.1 Å². The lowest BCUT2D eigenvalue weighted by molar-refractivity contribution is -0.136. The fraction of sp³-hybridized carbons (Fsp3) is 0.489. The van der Waals surface area contributed by atoms with Gasteiger partial charge in [-0.1, -0.05) is 12.8 Å². The van der Waals surface area contributed by atoms with E-state index in [1.165, 1.54) is 0 Å². The number of hydrogen-bond acceptors (Lipinski definition) is 10. The number of carbonyl (C=O) groups excluding carboxylic acids is 6. The molecular weight excluding hydrogens is 853 g/mol. The van der Waals surface area contributed by atoms with Crippen LogP contribution < -0.4 is 20.9 Å². The van der Waals surface area contributed by atoms with Gasteiger partial charge in [0.1, 0.15) is 6.04 Å². The first-order chi connectivity index (χ1) is 31.9. The number of amides is 7. The first-order valence-electron chi connectivity index (χ1n) is 23.1. The predicted molar refractivity (Wildman–Crippen MR) is 239 cm³/mol. The van der Waals surface area contributed by atoms with E-state index < -0.39 is 36.1 Å². The standard InChI is InChI=1S/C47H55F2N11O6/c1-50-47(66)57-21-16-37-36(27-57)43(58-18-7-8-28-22-33(29-25-52-55(2)26-29)34(42(48)49)24-39(28)58)54-60(37)31-14-19-56(20-15-31)41(62)9-5-3-4-6-17-51-30-10-11-32-35(23-30)46(65)59(45(32)64)38-12-13-40(61)53-44(38)63/h10-11,22-26,31,38,42,51H,3-9,12-21,27H2,1-2H3,(H,50,66)(H,53,61,63). The molecule has 17 nitrogen and oxygen atoms in total. The summed E-state index contributed by atoms with van der Waals surface area (Å²) in [6, 6.07) is 7.29. The van der Waals surface area contributed by atoms with E-state index in [0.717, 1.165) is 73.1 Å². The van der Waals surface area contributed by atoms with Crippen molar-refractivity contribution in [3.05, 3.63) is 76.2 Å². The number of fused-ring (bicyclic) bond motifs is 3. The van der Waals surface area contributed by atoms with Crippen LogP contribution in [0.2, 0.25) is 0 Å². The van der Waals surface area contributed by atoms with Crippen molar-refractivity contribution < 1.29 is 37.5 Å². The van der Waals surface area contributed by atoms with Gasteiger partial charge in [-0.25, -0.2) is 13.6 Å². The van der Waals surface area contributed by atoms with Crippen molar-refractivity contribution in [1.82, 2.24) is 44.9 Å². The summed E-state index contributed by atoms with van der Waals surface area (Å²) in [6.45, 7) is 3.31. The maximum absolute atomic E-state index is 14.7. The number of unbranched alkanes of at least 4 members (excludes halogenated alkanes) is 3. The Labute approximate surface area is 380 Å². The Morgan fingerprint density at radius 2 is 1.67 bits per heavy atom. The number of imide groups is 2. The molecule has 4 aromatic rings. The van der Waals surface area contributed by atoms with Crippen molar-refractivity contribution >= 4 is 52.8 Å². The first kappa shape index (κ1) is 44.5. The van der Waals surface area contributed by atoms with E-state index in [2.05, 4.69) is 30.6 Å². The van der Waals surface area contributed by atoms with Crippen molar-refractivity contribution in [2.45, 2.75) is 102 Å². The molecule has 7 amide bonds. The first-order valence-corrected chi connectivity index (χ1v) is 23.1. The number of piperidine rings is 2. The Balaban J connectivity index is 0.786. The third kappa shape index (κ3) is 8.62. The number of urea groups is 1. The minimum absolute atomic E-state index is 0.0398. The molecule has 66 heavy (non-hydrogen) atoms. The third-order valence-electron chi connectivity index (χ3n) is 13.7. The van der Waals surface area contributed by atoms with Crippen molar-refractivity contribution in [3.8, 4) is 11.1 Å². The van der Waals surface area contributed by atoms with Gasteiger partial charge in [0.25, 0.3) is 18.2 Å². The van der Waals surface area contributed by atoms with E-state index in [1.807, 2.05) is 11.0 Å². The summed E-state index contributed by atoms with van der Waals surface area (Å²) in [6.07, 6.45) is 8.26. The highest BCUT2D eigenvalue weighted by atomic mass is 19.3. The lowest BCUT2D eigenvalue weighted by Gasteiger charge is -2.34. The van der Waals surface area contributed by atoms with Crippen LogP contribution in [0, 0.1) is 0 Å². The average molecular weight is 908 g/mol. The van der Waals surface area contributed by atoms with Gasteiger partial charge in [0.05, 0.1) is 29.9 Å². The summed E-state index contributed by atoms with van der Waals surface area (Å²) >= 11 is 0. The fourth-order valence-corrected chi connectivity index (χ4v) is 10.2. The second kappa shape index (κ2) is 18.7. The fourth-order valence-electron chi connectivity index (χ4n) is 10.2. The normalized spacial score (nSPS) is 18.7. The number of likely N-dealkylation sites (tertiary alicyclic amines) is 1. The number of rotatable bonds is 13. The van der Waals surface area contributed by atoms with E-state index in [9.17, 15) is 37.5 Å². The molecule has 0 aliphatic carbocycles.